The molecule has 0 saturated carbocycles. The highest BCUT2D eigenvalue weighted by Gasteiger charge is 2.39. The number of hydrogen-bond acceptors (Lipinski definition) is 7. The molecule has 0 unspecified atom stereocenters. The minimum Gasteiger partial charge on any atom is -0.384 e. The fourth-order valence-corrected chi connectivity index (χ4v) is 6.46. The van der Waals surface area contributed by atoms with Crippen LogP contribution in [0, 0.1) is 11.3 Å². The second-order valence-electron chi connectivity index (χ2n) is 8.15. The Morgan fingerprint density at radius 3 is 2.64 bits per heavy atom. The van der Waals surface area contributed by atoms with Crippen LogP contribution in [0.3, 0.4) is 0 Å². The third-order valence-corrected chi connectivity index (χ3v) is 8.41. The maximum Gasteiger partial charge on any atom is 0.269 e. The fraction of sp³-hybridized carbons (Fsp3) is 0.148. The van der Waals surface area contributed by atoms with Crippen molar-refractivity contribution in [2.24, 2.45) is 4.99 Å². The van der Waals surface area contributed by atoms with Crippen LogP contribution < -0.4 is 10.2 Å². The minimum atomic E-state index is -0.0997. The average molecular weight is 532 g/mol. The summed E-state index contributed by atoms with van der Waals surface area (Å²) >= 11 is 9.15. The van der Waals surface area contributed by atoms with Crippen molar-refractivity contribution >= 4 is 63.3 Å². The number of carbonyl (C=O) groups is 1. The lowest BCUT2D eigenvalue weighted by Crippen LogP contribution is -2.29. The summed E-state index contributed by atoms with van der Waals surface area (Å²) in [5.41, 5.74) is 3.92. The molecule has 0 bridgehead atoms. The summed E-state index contributed by atoms with van der Waals surface area (Å²) in [7, 11) is 1.95. The van der Waals surface area contributed by atoms with E-state index in [2.05, 4.69) is 11.4 Å². The molecule has 1 saturated heterocycles. The van der Waals surface area contributed by atoms with Crippen molar-refractivity contribution < 1.29 is 4.79 Å². The van der Waals surface area contributed by atoms with Crippen LogP contribution in [0.5, 0.6) is 0 Å². The van der Waals surface area contributed by atoms with Crippen LogP contribution in [0.25, 0.3) is 0 Å². The van der Waals surface area contributed by atoms with Crippen LogP contribution >= 0.6 is 35.1 Å². The Labute approximate surface area is 223 Å². The fourth-order valence-electron chi connectivity index (χ4n) is 3.98. The van der Waals surface area contributed by atoms with Crippen molar-refractivity contribution in [3.05, 3.63) is 92.8 Å². The van der Waals surface area contributed by atoms with Gasteiger partial charge in [0.2, 0.25) is 0 Å². The van der Waals surface area contributed by atoms with Crippen molar-refractivity contribution in [1.82, 2.24) is 4.90 Å². The van der Waals surface area contributed by atoms with Crippen LogP contribution in [0.4, 0.5) is 17.1 Å². The first-order valence-corrected chi connectivity index (χ1v) is 13.4. The predicted octanol–water partition coefficient (Wildman–Crippen LogP) is 6.82. The molecule has 0 radical (unpaired) electrons. The zero-order valence-corrected chi connectivity index (χ0v) is 22.0. The highest BCUT2D eigenvalue weighted by molar-refractivity contribution is 8.19. The van der Waals surface area contributed by atoms with Gasteiger partial charge in [-0.25, -0.2) is 4.99 Å². The summed E-state index contributed by atoms with van der Waals surface area (Å²) in [6, 6.07) is 23.1. The third-order valence-electron chi connectivity index (χ3n) is 5.75. The Bertz CT molecular complexity index is 1450. The van der Waals surface area contributed by atoms with Crippen molar-refractivity contribution in [2.75, 3.05) is 23.8 Å². The summed E-state index contributed by atoms with van der Waals surface area (Å²) < 4.78 is 0. The number of hydrogen-bond donors (Lipinski definition) is 1. The number of nitrogens with one attached hydrogen (secondary N) is 1. The first-order chi connectivity index (χ1) is 17.5. The molecule has 9 heteroatoms. The standard InChI is InChI=1S/C27H22ClN5OS2/c1-3-30-20-11-9-18(15-29)13-21(20)31-27-33(16-17-7-5-4-6-8-17)25(34)24(36-27)26-32(2)22-14-19(28)10-12-23(22)35-26/h4-14,30H,3,16H2,1-2H3. The summed E-state index contributed by atoms with van der Waals surface area (Å²) in [5, 5.41) is 14.8. The lowest BCUT2D eigenvalue weighted by Gasteiger charge is -2.17. The molecule has 0 spiro atoms. The zero-order chi connectivity index (χ0) is 25.2. The number of thioether (sulfide) groups is 2. The van der Waals surface area contributed by atoms with Crippen LogP contribution in [0.1, 0.15) is 18.1 Å². The van der Waals surface area contributed by atoms with Crippen LogP contribution in [-0.2, 0) is 11.3 Å². The highest BCUT2D eigenvalue weighted by atomic mass is 35.5. The molecule has 0 aromatic heterocycles. The average Bonchev–Trinajstić information content (AvgIpc) is 3.37. The Kier molecular flexibility index (Phi) is 6.97. The first kappa shape index (κ1) is 24.3. The first-order valence-electron chi connectivity index (χ1n) is 11.3. The molecule has 0 atom stereocenters. The Balaban J connectivity index is 1.59. The number of anilines is 2. The maximum absolute atomic E-state index is 13.8. The van der Waals surface area contributed by atoms with E-state index < -0.39 is 0 Å². The molecule has 1 fully saturated rings. The number of halogens is 1. The number of amidine groups is 1. The van der Waals surface area contributed by atoms with E-state index in [0.29, 0.717) is 39.4 Å². The lowest BCUT2D eigenvalue weighted by atomic mass is 10.2. The van der Waals surface area contributed by atoms with Gasteiger partial charge in [0.15, 0.2) is 5.17 Å². The summed E-state index contributed by atoms with van der Waals surface area (Å²) in [4.78, 5) is 24.1. The summed E-state index contributed by atoms with van der Waals surface area (Å²) in [5.74, 6) is -0.0997. The van der Waals surface area contributed by atoms with Gasteiger partial charge >= 0.3 is 0 Å². The van der Waals surface area contributed by atoms with Gasteiger partial charge in [0.1, 0.15) is 4.91 Å². The molecule has 2 heterocycles. The van der Waals surface area contributed by atoms with Gasteiger partial charge in [-0.1, -0.05) is 53.7 Å². The molecule has 180 valence electrons. The quantitative estimate of drug-likeness (QED) is 0.364. The summed E-state index contributed by atoms with van der Waals surface area (Å²) in [6.45, 7) is 3.11. The number of benzene rings is 3. The van der Waals surface area contributed by atoms with E-state index in [1.165, 1.54) is 11.8 Å². The molecule has 2 aliphatic rings. The molecule has 3 aromatic carbocycles. The molecule has 5 rings (SSSR count). The van der Waals surface area contributed by atoms with Gasteiger partial charge in [-0.05, 0) is 60.6 Å². The molecule has 3 aromatic rings. The Morgan fingerprint density at radius 1 is 1.08 bits per heavy atom. The van der Waals surface area contributed by atoms with E-state index in [0.717, 1.165) is 26.9 Å². The molecule has 0 aliphatic carbocycles. The number of fused-ring (bicyclic) bond motifs is 1. The van der Waals surface area contributed by atoms with Gasteiger partial charge in [-0.2, -0.15) is 5.26 Å². The van der Waals surface area contributed by atoms with Gasteiger partial charge in [0.25, 0.3) is 5.91 Å². The normalized spacial score (nSPS) is 18.1. The Hall–Kier alpha value is -3.38. The van der Waals surface area contributed by atoms with Crippen LogP contribution in [0.2, 0.25) is 5.02 Å². The highest BCUT2D eigenvalue weighted by Crippen LogP contribution is 2.51. The van der Waals surface area contributed by atoms with Crippen LogP contribution in [0.15, 0.2) is 86.6 Å². The monoisotopic (exact) mass is 531 g/mol. The van der Waals surface area contributed by atoms with Crippen molar-refractivity contribution in [1.29, 1.82) is 5.26 Å². The van der Waals surface area contributed by atoms with Crippen molar-refractivity contribution in [3.8, 4) is 6.07 Å². The van der Waals surface area contributed by atoms with Gasteiger partial charge in [-0.3, -0.25) is 9.69 Å². The van der Waals surface area contributed by atoms with Gasteiger partial charge in [0, 0.05) is 23.5 Å². The second-order valence-corrected chi connectivity index (χ2v) is 10.6. The van der Waals surface area contributed by atoms with Gasteiger partial charge < -0.3 is 10.2 Å². The molecule has 6 nitrogen and oxygen atoms in total. The summed E-state index contributed by atoms with van der Waals surface area (Å²) in [6.07, 6.45) is 0. The molecule has 1 amide bonds. The van der Waals surface area contributed by atoms with E-state index in [1.54, 1.807) is 28.8 Å². The molecule has 36 heavy (non-hydrogen) atoms. The number of amides is 1. The lowest BCUT2D eigenvalue weighted by molar-refractivity contribution is -0.122. The smallest absolute Gasteiger partial charge is 0.269 e. The number of carbonyl (C=O) groups excluding carboxylic acids is 1. The Morgan fingerprint density at radius 2 is 1.89 bits per heavy atom. The van der Waals surface area contributed by atoms with E-state index in [1.807, 2.05) is 73.5 Å². The molecule has 1 N–H and O–H groups in total. The van der Waals surface area contributed by atoms with E-state index in [-0.39, 0.29) is 5.91 Å². The largest absolute Gasteiger partial charge is 0.384 e. The second kappa shape index (κ2) is 10.3. The minimum absolute atomic E-state index is 0.0997. The van der Waals surface area contributed by atoms with Crippen molar-refractivity contribution in [3.63, 3.8) is 0 Å². The maximum atomic E-state index is 13.8. The van der Waals surface area contributed by atoms with Gasteiger partial charge in [0.05, 0.1) is 40.3 Å². The molecule has 2 aliphatic heterocycles. The van der Waals surface area contributed by atoms with Gasteiger partial charge in [-0.15, -0.1) is 0 Å². The number of aliphatic imine (C=N–C) groups is 1. The third kappa shape index (κ3) is 4.70. The zero-order valence-electron chi connectivity index (χ0n) is 19.7. The van der Waals surface area contributed by atoms with E-state index >= 15 is 0 Å². The number of nitriles is 1. The van der Waals surface area contributed by atoms with E-state index in [4.69, 9.17) is 16.6 Å². The van der Waals surface area contributed by atoms with Crippen molar-refractivity contribution in [2.45, 2.75) is 18.4 Å². The van der Waals surface area contributed by atoms with E-state index in [9.17, 15) is 10.1 Å². The molecular formula is C27H22ClN5OS2. The SMILES string of the molecule is CCNc1ccc(C#N)cc1N=C1SC(=C2Sc3ccc(Cl)cc3N2C)C(=O)N1Cc1ccccc1. The number of rotatable bonds is 5. The predicted molar refractivity (Wildman–Crippen MR) is 150 cm³/mol. The number of nitrogens with zero attached hydrogens (tertiary/aromatic N) is 4. The van der Waals surface area contributed by atoms with Crippen LogP contribution in [-0.4, -0.2) is 29.6 Å². The topological polar surface area (TPSA) is 71.7 Å². The molecular weight excluding hydrogens is 510 g/mol.